The molecule has 0 aliphatic carbocycles. The first-order valence-electron chi connectivity index (χ1n) is 7.79. The fourth-order valence-corrected chi connectivity index (χ4v) is 3.99. The van der Waals surface area contributed by atoms with Gasteiger partial charge in [0, 0.05) is 30.2 Å². The van der Waals surface area contributed by atoms with Crippen molar-refractivity contribution in [3.8, 4) is 0 Å². The summed E-state index contributed by atoms with van der Waals surface area (Å²) in [7, 11) is 0. The lowest BCUT2D eigenvalue weighted by Gasteiger charge is -2.36. The Hall–Kier alpha value is -1.02. The minimum absolute atomic E-state index is 0.500. The standard InChI is InChI=1S/C17H26N2/c1-3-8-17(9-10-18-12-17)13-19-14(2)11-15-6-4-5-7-16(15)19/h4-7,14,18H,3,8-13H2,1-2H3. The molecule has 0 aromatic heterocycles. The highest BCUT2D eigenvalue weighted by molar-refractivity contribution is 5.59. The summed E-state index contributed by atoms with van der Waals surface area (Å²) in [6.07, 6.45) is 5.20. The number of rotatable bonds is 4. The third-order valence-electron chi connectivity index (χ3n) is 4.97. The molecule has 2 heterocycles. The van der Waals surface area contributed by atoms with Gasteiger partial charge < -0.3 is 10.2 Å². The lowest BCUT2D eigenvalue weighted by molar-refractivity contribution is 0.290. The van der Waals surface area contributed by atoms with E-state index in [-0.39, 0.29) is 0 Å². The molecule has 0 amide bonds. The van der Waals surface area contributed by atoms with Gasteiger partial charge in [-0.25, -0.2) is 0 Å². The number of anilines is 1. The minimum Gasteiger partial charge on any atom is -0.368 e. The Bertz CT molecular complexity index is 435. The number of nitrogens with one attached hydrogen (secondary N) is 1. The highest BCUT2D eigenvalue weighted by Gasteiger charge is 2.38. The number of hydrogen-bond donors (Lipinski definition) is 1. The molecule has 2 atom stereocenters. The Morgan fingerprint density at radius 1 is 1.37 bits per heavy atom. The summed E-state index contributed by atoms with van der Waals surface area (Å²) in [4.78, 5) is 2.66. The largest absolute Gasteiger partial charge is 0.368 e. The van der Waals surface area contributed by atoms with Gasteiger partial charge in [-0.05, 0) is 44.4 Å². The van der Waals surface area contributed by atoms with Crippen molar-refractivity contribution in [3.63, 3.8) is 0 Å². The van der Waals surface area contributed by atoms with Gasteiger partial charge >= 0.3 is 0 Å². The first kappa shape index (κ1) is 13.0. The summed E-state index contributed by atoms with van der Waals surface area (Å²) in [5, 5.41) is 3.58. The lowest BCUT2D eigenvalue weighted by atomic mass is 9.81. The fraction of sp³-hybridized carbons (Fsp3) is 0.647. The van der Waals surface area contributed by atoms with Gasteiger partial charge in [-0.15, -0.1) is 0 Å². The second-order valence-corrected chi connectivity index (χ2v) is 6.49. The molecule has 2 nitrogen and oxygen atoms in total. The molecule has 1 aromatic carbocycles. The Morgan fingerprint density at radius 3 is 2.95 bits per heavy atom. The normalized spacial score (nSPS) is 29.8. The third-order valence-corrected chi connectivity index (χ3v) is 4.97. The van der Waals surface area contributed by atoms with Gasteiger partial charge in [0.2, 0.25) is 0 Å². The molecule has 0 saturated carbocycles. The van der Waals surface area contributed by atoms with Crippen molar-refractivity contribution in [2.24, 2.45) is 5.41 Å². The zero-order valence-electron chi connectivity index (χ0n) is 12.3. The number of hydrogen-bond acceptors (Lipinski definition) is 2. The van der Waals surface area contributed by atoms with Crippen LogP contribution in [0.1, 0.15) is 38.7 Å². The molecule has 1 fully saturated rings. The lowest BCUT2D eigenvalue weighted by Crippen LogP contribution is -2.42. The molecule has 2 aliphatic heterocycles. The zero-order chi connectivity index (χ0) is 13.3. The molecule has 0 spiro atoms. The second kappa shape index (κ2) is 5.16. The number of nitrogens with zero attached hydrogens (tertiary/aromatic N) is 1. The van der Waals surface area contributed by atoms with E-state index in [2.05, 4.69) is 48.3 Å². The summed E-state index contributed by atoms with van der Waals surface area (Å²) >= 11 is 0. The van der Waals surface area contributed by atoms with Crippen molar-refractivity contribution in [1.82, 2.24) is 5.32 Å². The summed E-state index contributed by atoms with van der Waals surface area (Å²) < 4.78 is 0. The molecule has 104 valence electrons. The van der Waals surface area contributed by atoms with Gasteiger partial charge in [0.05, 0.1) is 0 Å². The van der Waals surface area contributed by atoms with E-state index in [4.69, 9.17) is 0 Å². The molecular weight excluding hydrogens is 232 g/mol. The van der Waals surface area contributed by atoms with Crippen molar-refractivity contribution >= 4 is 5.69 Å². The van der Waals surface area contributed by atoms with Crippen LogP contribution in [-0.2, 0) is 6.42 Å². The molecule has 1 aromatic rings. The van der Waals surface area contributed by atoms with Gasteiger partial charge in [0.25, 0.3) is 0 Å². The maximum absolute atomic E-state index is 3.58. The third kappa shape index (κ3) is 2.38. The molecule has 0 bridgehead atoms. The van der Waals surface area contributed by atoms with Crippen molar-refractivity contribution < 1.29 is 0 Å². The van der Waals surface area contributed by atoms with E-state index in [0.717, 1.165) is 0 Å². The Balaban J connectivity index is 1.82. The maximum atomic E-state index is 3.58. The van der Waals surface area contributed by atoms with Gasteiger partial charge in [0.15, 0.2) is 0 Å². The summed E-state index contributed by atoms with van der Waals surface area (Å²) in [5.74, 6) is 0. The average molecular weight is 258 g/mol. The highest BCUT2D eigenvalue weighted by atomic mass is 15.2. The maximum Gasteiger partial charge on any atom is 0.0402 e. The van der Waals surface area contributed by atoms with E-state index in [0.29, 0.717) is 11.5 Å². The van der Waals surface area contributed by atoms with Gasteiger partial charge in [-0.3, -0.25) is 0 Å². The smallest absolute Gasteiger partial charge is 0.0402 e. The Morgan fingerprint density at radius 2 is 2.21 bits per heavy atom. The number of benzene rings is 1. The van der Waals surface area contributed by atoms with Crippen LogP contribution in [0.15, 0.2) is 24.3 Å². The number of para-hydroxylation sites is 1. The van der Waals surface area contributed by atoms with Crippen LogP contribution < -0.4 is 10.2 Å². The predicted molar refractivity (Wildman–Crippen MR) is 81.8 cm³/mol. The SMILES string of the molecule is CCCC1(CN2c3ccccc3CC2C)CCNC1. The Labute approximate surface area is 117 Å². The van der Waals surface area contributed by atoms with Crippen LogP contribution >= 0.6 is 0 Å². The van der Waals surface area contributed by atoms with E-state index in [9.17, 15) is 0 Å². The van der Waals surface area contributed by atoms with Crippen LogP contribution in [0.5, 0.6) is 0 Å². The van der Waals surface area contributed by atoms with Crippen LogP contribution in [0.2, 0.25) is 0 Å². The van der Waals surface area contributed by atoms with Crippen LogP contribution in [0.3, 0.4) is 0 Å². The van der Waals surface area contributed by atoms with Crippen LogP contribution in [0, 0.1) is 5.41 Å². The molecule has 0 radical (unpaired) electrons. The van der Waals surface area contributed by atoms with Gasteiger partial charge in [-0.2, -0.15) is 0 Å². The molecule has 19 heavy (non-hydrogen) atoms. The second-order valence-electron chi connectivity index (χ2n) is 6.49. The van der Waals surface area contributed by atoms with Crippen LogP contribution in [0.25, 0.3) is 0 Å². The van der Waals surface area contributed by atoms with E-state index in [1.54, 1.807) is 0 Å². The molecular formula is C17H26N2. The van der Waals surface area contributed by atoms with Crippen LogP contribution in [-0.4, -0.2) is 25.7 Å². The van der Waals surface area contributed by atoms with Crippen LogP contribution in [0.4, 0.5) is 5.69 Å². The number of fused-ring (bicyclic) bond motifs is 1. The molecule has 3 rings (SSSR count). The summed E-state index contributed by atoms with van der Waals surface area (Å²) in [5.41, 5.74) is 3.52. The molecule has 2 aliphatic rings. The zero-order valence-corrected chi connectivity index (χ0v) is 12.3. The quantitative estimate of drug-likeness (QED) is 0.892. The Kier molecular flexibility index (Phi) is 3.53. The minimum atomic E-state index is 0.500. The van der Waals surface area contributed by atoms with Gasteiger partial charge in [0.1, 0.15) is 0 Å². The topological polar surface area (TPSA) is 15.3 Å². The predicted octanol–water partition coefficient (Wildman–Crippen LogP) is 3.22. The van der Waals surface area contributed by atoms with E-state index < -0.39 is 0 Å². The summed E-state index contributed by atoms with van der Waals surface area (Å²) in [6, 6.07) is 9.62. The molecule has 2 unspecified atom stereocenters. The molecule has 1 N–H and O–H groups in total. The van der Waals surface area contributed by atoms with Crippen molar-refractivity contribution in [2.45, 2.75) is 45.6 Å². The van der Waals surface area contributed by atoms with E-state index in [1.165, 1.54) is 56.6 Å². The molecule has 2 heteroatoms. The van der Waals surface area contributed by atoms with Crippen molar-refractivity contribution in [3.05, 3.63) is 29.8 Å². The van der Waals surface area contributed by atoms with Crippen molar-refractivity contribution in [1.29, 1.82) is 0 Å². The van der Waals surface area contributed by atoms with E-state index >= 15 is 0 Å². The average Bonchev–Trinajstić information content (AvgIpc) is 2.97. The van der Waals surface area contributed by atoms with E-state index in [1.807, 2.05) is 0 Å². The highest BCUT2D eigenvalue weighted by Crippen LogP contribution is 2.38. The fourth-order valence-electron chi connectivity index (χ4n) is 3.99. The monoisotopic (exact) mass is 258 g/mol. The van der Waals surface area contributed by atoms with Gasteiger partial charge in [-0.1, -0.05) is 31.5 Å². The first-order valence-corrected chi connectivity index (χ1v) is 7.79. The summed E-state index contributed by atoms with van der Waals surface area (Å²) in [6.45, 7) is 8.32. The van der Waals surface area contributed by atoms with Crippen molar-refractivity contribution in [2.75, 3.05) is 24.5 Å². The first-order chi connectivity index (χ1) is 9.24. The molecule has 1 saturated heterocycles.